The van der Waals surface area contributed by atoms with Gasteiger partial charge in [-0.15, -0.1) is 0 Å². The molecule has 3 unspecified atom stereocenters. The molecule has 1 saturated carbocycles. The molecule has 0 radical (unpaired) electrons. The summed E-state index contributed by atoms with van der Waals surface area (Å²) in [5.74, 6) is 0. The first kappa shape index (κ1) is 13.5. The lowest BCUT2D eigenvalue weighted by atomic mass is 9.85. The first-order valence-electron chi connectivity index (χ1n) is 6.70. The van der Waals surface area contributed by atoms with Gasteiger partial charge in [0.2, 0.25) is 0 Å². The molecule has 0 heterocycles. The van der Waals surface area contributed by atoms with Crippen molar-refractivity contribution in [3.63, 3.8) is 0 Å². The van der Waals surface area contributed by atoms with E-state index in [9.17, 15) is 0 Å². The van der Waals surface area contributed by atoms with Gasteiger partial charge in [0.05, 0.1) is 12.2 Å². The summed E-state index contributed by atoms with van der Waals surface area (Å²) in [5, 5.41) is 3.24. The van der Waals surface area contributed by atoms with Crippen molar-refractivity contribution >= 4 is 0 Å². The van der Waals surface area contributed by atoms with E-state index in [4.69, 9.17) is 9.47 Å². The van der Waals surface area contributed by atoms with E-state index >= 15 is 0 Å². The molecule has 1 fully saturated rings. The number of hydrogen-bond donors (Lipinski definition) is 1. The first-order valence-corrected chi connectivity index (χ1v) is 6.70. The number of benzene rings is 1. The Bertz CT molecular complexity index is 342. The molecule has 0 aliphatic heterocycles. The molecule has 1 aliphatic rings. The molecule has 2 rings (SSSR count). The Morgan fingerprint density at radius 1 is 1.28 bits per heavy atom. The van der Waals surface area contributed by atoms with Gasteiger partial charge in [0.15, 0.2) is 0 Å². The molecule has 0 aromatic heterocycles. The number of hydrogen-bond acceptors (Lipinski definition) is 3. The number of nitrogens with one attached hydrogen (secondary N) is 1. The zero-order valence-electron chi connectivity index (χ0n) is 11.3. The molecule has 3 heteroatoms. The standard InChI is InChI=1S/C15H23NO2/c1-16-13-11-14(15(13)17-2)18-10-6-9-12-7-4-3-5-8-12/h3-5,7-8,13-16H,6,9-11H2,1-2H3. The van der Waals surface area contributed by atoms with Crippen LogP contribution in [0, 0.1) is 0 Å². The lowest BCUT2D eigenvalue weighted by Crippen LogP contribution is -2.58. The minimum Gasteiger partial charge on any atom is -0.377 e. The van der Waals surface area contributed by atoms with Crippen molar-refractivity contribution < 1.29 is 9.47 Å². The molecular weight excluding hydrogens is 226 g/mol. The maximum Gasteiger partial charge on any atom is 0.0986 e. The number of rotatable bonds is 7. The molecule has 1 aromatic rings. The Hall–Kier alpha value is -0.900. The summed E-state index contributed by atoms with van der Waals surface area (Å²) in [5.41, 5.74) is 1.38. The lowest BCUT2D eigenvalue weighted by molar-refractivity contribution is -0.132. The fourth-order valence-corrected chi connectivity index (χ4v) is 2.50. The highest BCUT2D eigenvalue weighted by molar-refractivity contribution is 5.14. The minimum absolute atomic E-state index is 0.215. The fourth-order valence-electron chi connectivity index (χ4n) is 2.50. The van der Waals surface area contributed by atoms with Crippen LogP contribution in [0.25, 0.3) is 0 Å². The Balaban J connectivity index is 1.62. The third-order valence-corrected chi connectivity index (χ3v) is 3.68. The van der Waals surface area contributed by atoms with Gasteiger partial charge in [-0.05, 0) is 31.9 Å². The van der Waals surface area contributed by atoms with Gasteiger partial charge in [-0.25, -0.2) is 0 Å². The summed E-state index contributed by atoms with van der Waals surface area (Å²) in [6, 6.07) is 11.0. The van der Waals surface area contributed by atoms with Gasteiger partial charge in [-0.1, -0.05) is 30.3 Å². The third-order valence-electron chi connectivity index (χ3n) is 3.68. The monoisotopic (exact) mass is 249 g/mol. The van der Waals surface area contributed by atoms with Crippen molar-refractivity contribution in [2.75, 3.05) is 20.8 Å². The Morgan fingerprint density at radius 2 is 2.06 bits per heavy atom. The van der Waals surface area contributed by atoms with Crippen molar-refractivity contribution in [3.8, 4) is 0 Å². The van der Waals surface area contributed by atoms with E-state index in [-0.39, 0.29) is 12.2 Å². The van der Waals surface area contributed by atoms with Crippen LogP contribution in [0.15, 0.2) is 30.3 Å². The van der Waals surface area contributed by atoms with Crippen LogP contribution in [-0.2, 0) is 15.9 Å². The average molecular weight is 249 g/mol. The van der Waals surface area contributed by atoms with Crippen LogP contribution in [0.5, 0.6) is 0 Å². The highest BCUT2D eigenvalue weighted by atomic mass is 16.5. The van der Waals surface area contributed by atoms with Crippen LogP contribution in [0.1, 0.15) is 18.4 Å². The van der Waals surface area contributed by atoms with Gasteiger partial charge in [0.1, 0.15) is 0 Å². The van der Waals surface area contributed by atoms with Crippen molar-refractivity contribution in [3.05, 3.63) is 35.9 Å². The summed E-state index contributed by atoms with van der Waals surface area (Å²) < 4.78 is 11.3. The summed E-state index contributed by atoms with van der Waals surface area (Å²) >= 11 is 0. The van der Waals surface area contributed by atoms with Gasteiger partial charge >= 0.3 is 0 Å². The molecule has 0 saturated heterocycles. The molecule has 100 valence electrons. The van der Waals surface area contributed by atoms with E-state index in [0.717, 1.165) is 25.9 Å². The summed E-state index contributed by atoms with van der Waals surface area (Å²) in [6.07, 6.45) is 3.69. The maximum absolute atomic E-state index is 5.87. The third kappa shape index (κ3) is 3.31. The smallest absolute Gasteiger partial charge is 0.0986 e. The molecule has 1 aliphatic carbocycles. The zero-order valence-corrected chi connectivity index (χ0v) is 11.3. The van der Waals surface area contributed by atoms with Crippen molar-refractivity contribution in [2.24, 2.45) is 0 Å². The molecule has 0 amide bonds. The summed E-state index contributed by atoms with van der Waals surface area (Å²) in [6.45, 7) is 0.815. The van der Waals surface area contributed by atoms with Crippen LogP contribution in [0.3, 0.4) is 0 Å². The number of ether oxygens (including phenoxy) is 2. The summed E-state index contributed by atoms with van der Waals surface area (Å²) in [4.78, 5) is 0. The second kappa shape index (κ2) is 6.88. The average Bonchev–Trinajstić information content (AvgIpc) is 2.39. The molecule has 18 heavy (non-hydrogen) atoms. The number of aryl methyl sites for hydroxylation is 1. The first-order chi connectivity index (χ1) is 8.85. The second-order valence-corrected chi connectivity index (χ2v) is 4.83. The van der Waals surface area contributed by atoms with Crippen LogP contribution in [0.2, 0.25) is 0 Å². The van der Waals surface area contributed by atoms with E-state index in [1.165, 1.54) is 5.56 Å². The van der Waals surface area contributed by atoms with E-state index in [0.29, 0.717) is 6.04 Å². The van der Waals surface area contributed by atoms with Gasteiger partial charge in [0, 0.05) is 19.8 Å². The predicted molar refractivity (Wildman–Crippen MR) is 72.8 cm³/mol. The molecule has 0 bridgehead atoms. The fraction of sp³-hybridized carbons (Fsp3) is 0.600. The topological polar surface area (TPSA) is 30.5 Å². The van der Waals surface area contributed by atoms with E-state index < -0.39 is 0 Å². The molecule has 1 aromatic carbocycles. The quantitative estimate of drug-likeness (QED) is 0.750. The molecule has 0 spiro atoms. The second-order valence-electron chi connectivity index (χ2n) is 4.83. The highest BCUT2D eigenvalue weighted by Crippen LogP contribution is 2.26. The number of methoxy groups -OCH3 is 1. The minimum atomic E-state index is 0.215. The van der Waals surface area contributed by atoms with Crippen LogP contribution in [-0.4, -0.2) is 39.0 Å². The van der Waals surface area contributed by atoms with Gasteiger partial charge in [0.25, 0.3) is 0 Å². The van der Waals surface area contributed by atoms with Crippen molar-refractivity contribution in [1.82, 2.24) is 5.32 Å². The predicted octanol–water partition coefficient (Wildman–Crippen LogP) is 2.01. The highest BCUT2D eigenvalue weighted by Gasteiger charge is 2.41. The molecule has 3 atom stereocenters. The van der Waals surface area contributed by atoms with Gasteiger partial charge in [-0.2, -0.15) is 0 Å². The Kier molecular flexibility index (Phi) is 5.17. The number of likely N-dealkylation sites (N-methyl/N-ethyl adjacent to an activating group) is 1. The Labute approximate surface area is 109 Å². The van der Waals surface area contributed by atoms with Crippen molar-refractivity contribution in [1.29, 1.82) is 0 Å². The van der Waals surface area contributed by atoms with Crippen LogP contribution >= 0.6 is 0 Å². The largest absolute Gasteiger partial charge is 0.377 e. The van der Waals surface area contributed by atoms with E-state index in [2.05, 4.69) is 35.6 Å². The zero-order chi connectivity index (χ0) is 12.8. The normalized spacial score (nSPS) is 26.9. The van der Waals surface area contributed by atoms with Gasteiger partial charge < -0.3 is 14.8 Å². The van der Waals surface area contributed by atoms with Crippen LogP contribution in [0.4, 0.5) is 0 Å². The lowest BCUT2D eigenvalue weighted by Gasteiger charge is -2.43. The van der Waals surface area contributed by atoms with Gasteiger partial charge in [-0.3, -0.25) is 0 Å². The van der Waals surface area contributed by atoms with Crippen molar-refractivity contribution in [2.45, 2.75) is 37.5 Å². The van der Waals surface area contributed by atoms with E-state index in [1.807, 2.05) is 7.05 Å². The summed E-state index contributed by atoms with van der Waals surface area (Å²) in [7, 11) is 3.73. The maximum atomic E-state index is 5.87. The molecular formula is C15H23NO2. The molecule has 1 N–H and O–H groups in total. The SMILES string of the molecule is CNC1CC(OCCCc2ccccc2)C1OC. The van der Waals surface area contributed by atoms with Crippen LogP contribution < -0.4 is 5.32 Å². The Morgan fingerprint density at radius 3 is 2.72 bits per heavy atom. The van der Waals surface area contributed by atoms with E-state index in [1.54, 1.807) is 7.11 Å². The molecule has 3 nitrogen and oxygen atoms in total.